The summed E-state index contributed by atoms with van der Waals surface area (Å²) >= 11 is 1.32. The van der Waals surface area contributed by atoms with Gasteiger partial charge in [-0.05, 0) is 29.5 Å². The first kappa shape index (κ1) is 18.3. The molecule has 1 aliphatic rings. The SMILES string of the molecule is COc1ccc(CCc2nnc(NC(=O)C3C(C(=O)O)C3(C)C)s2)cc1. The van der Waals surface area contributed by atoms with Crippen molar-refractivity contribution in [3.63, 3.8) is 0 Å². The van der Waals surface area contributed by atoms with Gasteiger partial charge in [-0.25, -0.2) is 0 Å². The number of carbonyl (C=O) groups excluding carboxylic acids is 1. The van der Waals surface area contributed by atoms with Gasteiger partial charge < -0.3 is 15.2 Å². The van der Waals surface area contributed by atoms with E-state index >= 15 is 0 Å². The van der Waals surface area contributed by atoms with Crippen LogP contribution < -0.4 is 10.1 Å². The van der Waals surface area contributed by atoms with Crippen molar-refractivity contribution in [2.75, 3.05) is 12.4 Å². The minimum Gasteiger partial charge on any atom is -0.497 e. The van der Waals surface area contributed by atoms with Gasteiger partial charge in [0.2, 0.25) is 11.0 Å². The lowest BCUT2D eigenvalue weighted by Gasteiger charge is -2.02. The number of amides is 1. The van der Waals surface area contributed by atoms with Crippen molar-refractivity contribution >= 4 is 28.3 Å². The summed E-state index contributed by atoms with van der Waals surface area (Å²) < 4.78 is 5.14. The molecule has 0 radical (unpaired) electrons. The second-order valence-electron chi connectivity index (χ2n) is 6.95. The molecule has 26 heavy (non-hydrogen) atoms. The van der Waals surface area contributed by atoms with E-state index in [0.717, 1.165) is 22.7 Å². The molecular weight excluding hydrogens is 354 g/mol. The lowest BCUT2D eigenvalue weighted by molar-refractivity contribution is -0.140. The van der Waals surface area contributed by atoms with Crippen LogP contribution in [0.2, 0.25) is 0 Å². The van der Waals surface area contributed by atoms with Gasteiger partial charge in [0, 0.05) is 6.42 Å². The van der Waals surface area contributed by atoms with Gasteiger partial charge in [-0.2, -0.15) is 0 Å². The highest BCUT2D eigenvalue weighted by molar-refractivity contribution is 7.15. The molecule has 138 valence electrons. The minimum absolute atomic E-state index is 0.305. The Kier molecular flexibility index (Phi) is 4.95. The van der Waals surface area contributed by atoms with E-state index in [9.17, 15) is 14.7 Å². The molecule has 1 heterocycles. The fourth-order valence-corrected chi connectivity index (χ4v) is 3.96. The molecule has 1 aromatic carbocycles. The van der Waals surface area contributed by atoms with Gasteiger partial charge in [0.1, 0.15) is 10.8 Å². The molecule has 1 aliphatic carbocycles. The second-order valence-corrected chi connectivity index (χ2v) is 8.02. The van der Waals surface area contributed by atoms with E-state index in [-0.39, 0.29) is 5.91 Å². The standard InChI is InChI=1S/C18H21N3O4S/c1-18(2)13(14(18)16(23)24)15(22)19-17-21-20-12(26-17)9-6-10-4-7-11(25-3)8-5-10/h4-5,7-8,13-14H,6,9H2,1-3H3,(H,23,24)(H,19,21,22). The Hall–Kier alpha value is -2.48. The van der Waals surface area contributed by atoms with Crippen molar-refractivity contribution in [2.45, 2.75) is 26.7 Å². The Morgan fingerprint density at radius 3 is 2.46 bits per heavy atom. The molecular formula is C18H21N3O4S. The van der Waals surface area contributed by atoms with Crippen LogP contribution >= 0.6 is 11.3 Å². The lowest BCUT2D eigenvalue weighted by atomic mass is 10.1. The highest BCUT2D eigenvalue weighted by Crippen LogP contribution is 2.58. The van der Waals surface area contributed by atoms with Gasteiger partial charge in [-0.1, -0.05) is 37.3 Å². The third-order valence-corrected chi connectivity index (χ3v) is 5.76. The van der Waals surface area contributed by atoms with Crippen molar-refractivity contribution < 1.29 is 19.4 Å². The number of ether oxygens (including phenoxy) is 1. The normalized spacial score (nSPS) is 20.4. The molecule has 1 aromatic heterocycles. The maximum atomic E-state index is 12.3. The second kappa shape index (κ2) is 7.03. The van der Waals surface area contributed by atoms with Crippen molar-refractivity contribution in [2.24, 2.45) is 17.3 Å². The first-order valence-electron chi connectivity index (χ1n) is 8.32. The van der Waals surface area contributed by atoms with Crippen LogP contribution in [0.25, 0.3) is 0 Å². The zero-order valence-corrected chi connectivity index (χ0v) is 15.7. The molecule has 2 atom stereocenters. The molecule has 2 N–H and O–H groups in total. The van der Waals surface area contributed by atoms with Crippen LogP contribution in [0.5, 0.6) is 5.75 Å². The van der Waals surface area contributed by atoms with Crippen molar-refractivity contribution in [1.82, 2.24) is 10.2 Å². The molecule has 0 bridgehead atoms. The van der Waals surface area contributed by atoms with E-state index < -0.39 is 23.2 Å². The molecule has 1 fully saturated rings. The highest BCUT2D eigenvalue weighted by Gasteiger charge is 2.66. The number of methoxy groups -OCH3 is 1. The van der Waals surface area contributed by atoms with Gasteiger partial charge in [0.15, 0.2) is 0 Å². The van der Waals surface area contributed by atoms with Gasteiger partial charge >= 0.3 is 5.97 Å². The number of benzene rings is 1. The zero-order valence-electron chi connectivity index (χ0n) is 14.9. The fourth-order valence-electron chi connectivity index (χ4n) is 3.22. The maximum Gasteiger partial charge on any atom is 0.307 e. The monoisotopic (exact) mass is 375 g/mol. The number of carboxylic acid groups (broad SMARTS) is 1. The molecule has 0 saturated heterocycles. The van der Waals surface area contributed by atoms with E-state index in [1.165, 1.54) is 11.3 Å². The molecule has 3 rings (SSSR count). The maximum absolute atomic E-state index is 12.3. The number of carboxylic acids is 1. The van der Waals surface area contributed by atoms with E-state index in [4.69, 9.17) is 4.74 Å². The summed E-state index contributed by atoms with van der Waals surface area (Å²) in [6, 6.07) is 7.84. The number of hydrogen-bond acceptors (Lipinski definition) is 6. The van der Waals surface area contributed by atoms with E-state index in [1.807, 2.05) is 24.3 Å². The summed E-state index contributed by atoms with van der Waals surface area (Å²) in [5, 5.41) is 21.2. The van der Waals surface area contributed by atoms with Crippen molar-refractivity contribution in [3.05, 3.63) is 34.8 Å². The molecule has 0 spiro atoms. The largest absolute Gasteiger partial charge is 0.497 e. The topological polar surface area (TPSA) is 101 Å². The average Bonchev–Trinajstić information content (AvgIpc) is 2.95. The van der Waals surface area contributed by atoms with Gasteiger partial charge in [-0.3, -0.25) is 9.59 Å². The molecule has 2 aromatic rings. The summed E-state index contributed by atoms with van der Waals surface area (Å²) in [5.74, 6) is -1.61. The Morgan fingerprint density at radius 2 is 1.88 bits per heavy atom. The van der Waals surface area contributed by atoms with E-state index in [2.05, 4.69) is 15.5 Å². The summed E-state index contributed by atoms with van der Waals surface area (Å²) in [7, 11) is 1.63. The van der Waals surface area contributed by atoms with E-state index in [0.29, 0.717) is 11.6 Å². The molecule has 8 heteroatoms. The number of aryl methyl sites for hydroxylation is 2. The molecule has 7 nitrogen and oxygen atoms in total. The molecule has 0 aliphatic heterocycles. The van der Waals surface area contributed by atoms with Crippen LogP contribution in [0.4, 0.5) is 5.13 Å². The van der Waals surface area contributed by atoms with Crippen LogP contribution in [0, 0.1) is 17.3 Å². The van der Waals surface area contributed by atoms with Gasteiger partial charge in [0.25, 0.3) is 0 Å². The third kappa shape index (κ3) is 3.70. The number of nitrogens with one attached hydrogen (secondary N) is 1. The Bertz CT molecular complexity index is 816. The van der Waals surface area contributed by atoms with Crippen LogP contribution in [-0.4, -0.2) is 34.3 Å². The number of rotatable bonds is 7. The molecule has 1 amide bonds. The average molecular weight is 375 g/mol. The zero-order chi connectivity index (χ0) is 18.9. The summed E-state index contributed by atoms with van der Waals surface area (Å²) in [6.45, 7) is 3.58. The molecule has 1 saturated carbocycles. The Balaban J connectivity index is 1.55. The van der Waals surface area contributed by atoms with Crippen LogP contribution in [0.3, 0.4) is 0 Å². The van der Waals surface area contributed by atoms with Crippen molar-refractivity contribution in [3.8, 4) is 5.75 Å². The quantitative estimate of drug-likeness (QED) is 0.771. The number of aliphatic carboxylic acids is 1. The van der Waals surface area contributed by atoms with Crippen molar-refractivity contribution in [1.29, 1.82) is 0 Å². The minimum atomic E-state index is -0.937. The number of anilines is 1. The lowest BCUT2D eigenvalue weighted by Crippen LogP contribution is -2.17. The fraction of sp³-hybridized carbons (Fsp3) is 0.444. The van der Waals surface area contributed by atoms with E-state index in [1.54, 1.807) is 21.0 Å². The highest BCUT2D eigenvalue weighted by atomic mass is 32.1. The summed E-state index contributed by atoms with van der Waals surface area (Å²) in [4.78, 5) is 23.5. The number of nitrogens with zero attached hydrogens (tertiary/aromatic N) is 2. The third-order valence-electron chi connectivity index (χ3n) is 4.86. The Labute approximate surface area is 155 Å². The number of hydrogen-bond donors (Lipinski definition) is 2. The van der Waals surface area contributed by atoms with Gasteiger partial charge in [0.05, 0.1) is 18.9 Å². The first-order valence-corrected chi connectivity index (χ1v) is 9.13. The van der Waals surface area contributed by atoms with Crippen LogP contribution in [0.1, 0.15) is 24.4 Å². The summed E-state index contributed by atoms with van der Waals surface area (Å²) in [6.07, 6.45) is 1.52. The Morgan fingerprint density at radius 1 is 1.19 bits per heavy atom. The van der Waals surface area contributed by atoms with Crippen LogP contribution in [-0.2, 0) is 22.4 Å². The molecule has 2 unspecified atom stereocenters. The smallest absolute Gasteiger partial charge is 0.307 e. The van der Waals surface area contributed by atoms with Gasteiger partial charge in [-0.15, -0.1) is 10.2 Å². The summed E-state index contributed by atoms with van der Waals surface area (Å²) in [5.41, 5.74) is 0.633. The number of carbonyl (C=O) groups is 2. The predicted octanol–water partition coefficient (Wildman–Crippen LogP) is 2.63. The number of aromatic nitrogens is 2. The van der Waals surface area contributed by atoms with Crippen LogP contribution in [0.15, 0.2) is 24.3 Å². The first-order chi connectivity index (χ1) is 12.3. The predicted molar refractivity (Wildman–Crippen MR) is 97.3 cm³/mol.